The molecule has 0 saturated heterocycles. The van der Waals surface area contributed by atoms with Crippen molar-refractivity contribution in [1.82, 2.24) is 0 Å². The third-order valence-electron chi connectivity index (χ3n) is 11.9. The maximum atomic E-state index is 2.46. The first kappa shape index (κ1) is 35.3. The quantitative estimate of drug-likeness (QED) is 0.154. The fourth-order valence-corrected chi connectivity index (χ4v) is 8.56. The molecule has 274 valence electrons. The summed E-state index contributed by atoms with van der Waals surface area (Å²) in [5.41, 5.74) is 14.8. The molecule has 2 heteroatoms. The van der Waals surface area contributed by atoms with Gasteiger partial charge in [-0.25, -0.2) is 0 Å². The minimum Gasteiger partial charge on any atom is -0.310 e. The number of fused-ring (bicyclic) bond motifs is 2. The number of para-hydroxylation sites is 1. The van der Waals surface area contributed by atoms with Gasteiger partial charge in [0.05, 0.1) is 0 Å². The Bertz CT molecular complexity index is 2620. The monoisotopic (exact) mass is 724 g/mol. The lowest BCUT2D eigenvalue weighted by Gasteiger charge is -2.42. The van der Waals surface area contributed by atoms with Crippen LogP contribution in [-0.2, 0) is 10.8 Å². The Morgan fingerprint density at radius 1 is 0.304 bits per heavy atom. The Labute approximate surface area is 332 Å². The van der Waals surface area contributed by atoms with Crippen molar-refractivity contribution < 1.29 is 0 Å². The highest BCUT2D eigenvalue weighted by Gasteiger charge is 2.37. The second-order valence-corrected chi connectivity index (χ2v) is 16.5. The van der Waals surface area contributed by atoms with Crippen LogP contribution in [0.15, 0.2) is 194 Å². The molecule has 0 saturated carbocycles. The summed E-state index contributed by atoms with van der Waals surface area (Å²) in [6.45, 7) is 9.61. The van der Waals surface area contributed by atoms with E-state index < -0.39 is 0 Å². The van der Waals surface area contributed by atoms with Crippen LogP contribution in [-0.4, -0.2) is 0 Å². The third kappa shape index (κ3) is 6.77. The van der Waals surface area contributed by atoms with Gasteiger partial charge in [0.1, 0.15) is 0 Å². The molecule has 8 aromatic rings. The Hall–Kier alpha value is -6.38. The van der Waals surface area contributed by atoms with Gasteiger partial charge in [-0.3, -0.25) is 0 Å². The van der Waals surface area contributed by atoms with E-state index in [0.29, 0.717) is 0 Å². The number of rotatable bonds is 8. The van der Waals surface area contributed by atoms with Crippen LogP contribution in [0.2, 0.25) is 0 Å². The van der Waals surface area contributed by atoms with Crippen molar-refractivity contribution in [3.8, 4) is 22.3 Å². The minimum absolute atomic E-state index is 0.110. The number of benzene rings is 8. The summed E-state index contributed by atoms with van der Waals surface area (Å²) >= 11 is 0. The van der Waals surface area contributed by atoms with Crippen LogP contribution >= 0.6 is 0 Å². The Morgan fingerprint density at radius 2 is 0.732 bits per heavy atom. The van der Waals surface area contributed by atoms with Gasteiger partial charge in [0.15, 0.2) is 0 Å². The van der Waals surface area contributed by atoms with Crippen LogP contribution in [0.1, 0.15) is 51.7 Å². The zero-order valence-electron chi connectivity index (χ0n) is 32.8. The third-order valence-corrected chi connectivity index (χ3v) is 11.9. The first-order chi connectivity index (χ1) is 27.2. The van der Waals surface area contributed by atoms with Crippen LogP contribution in [0.4, 0.5) is 34.1 Å². The molecule has 0 bridgehead atoms. The van der Waals surface area contributed by atoms with Gasteiger partial charge >= 0.3 is 0 Å². The predicted molar refractivity (Wildman–Crippen MR) is 239 cm³/mol. The van der Waals surface area contributed by atoms with Gasteiger partial charge in [0.2, 0.25) is 0 Å². The smallest absolute Gasteiger partial charge is 0.0468 e. The van der Waals surface area contributed by atoms with Gasteiger partial charge in [-0.05, 0) is 141 Å². The fraction of sp³-hybridized carbons (Fsp3) is 0.148. The highest BCUT2D eigenvalue weighted by molar-refractivity contribution is 5.90. The Kier molecular flexibility index (Phi) is 9.06. The van der Waals surface area contributed by atoms with E-state index in [2.05, 4.69) is 232 Å². The van der Waals surface area contributed by atoms with Gasteiger partial charge in [-0.1, -0.05) is 149 Å². The Morgan fingerprint density at radius 3 is 1.41 bits per heavy atom. The fourth-order valence-electron chi connectivity index (χ4n) is 8.56. The SMILES string of the molecule is CC1(C)CCC(C)(C)c2cc(N(c3ccc(-c4ccccc4)cc3)c3ccc(-c4cccc(N(c5ccccc5)c5ccc6ccccc6c5)c4)cc3)ccc21. The van der Waals surface area contributed by atoms with E-state index in [1.807, 2.05) is 0 Å². The summed E-state index contributed by atoms with van der Waals surface area (Å²) in [5, 5.41) is 2.46. The molecule has 1 aliphatic rings. The van der Waals surface area contributed by atoms with E-state index in [9.17, 15) is 0 Å². The van der Waals surface area contributed by atoms with Crippen molar-refractivity contribution >= 4 is 44.9 Å². The van der Waals surface area contributed by atoms with E-state index in [4.69, 9.17) is 0 Å². The molecular formula is C54H48N2. The first-order valence-corrected chi connectivity index (χ1v) is 19.9. The number of nitrogens with zero attached hydrogens (tertiary/aromatic N) is 2. The van der Waals surface area contributed by atoms with Gasteiger partial charge in [0, 0.05) is 34.1 Å². The first-order valence-electron chi connectivity index (χ1n) is 19.9. The van der Waals surface area contributed by atoms with Gasteiger partial charge < -0.3 is 9.80 Å². The molecule has 9 rings (SSSR count). The maximum absolute atomic E-state index is 2.46. The molecule has 0 aliphatic heterocycles. The topological polar surface area (TPSA) is 6.48 Å². The molecule has 0 N–H and O–H groups in total. The molecule has 0 radical (unpaired) electrons. The summed E-state index contributed by atoms with van der Waals surface area (Å²) in [4.78, 5) is 4.77. The van der Waals surface area contributed by atoms with E-state index >= 15 is 0 Å². The summed E-state index contributed by atoms with van der Waals surface area (Å²) in [5.74, 6) is 0. The highest BCUT2D eigenvalue weighted by atomic mass is 15.1. The second-order valence-electron chi connectivity index (χ2n) is 16.5. The highest BCUT2D eigenvalue weighted by Crippen LogP contribution is 2.48. The molecule has 56 heavy (non-hydrogen) atoms. The van der Waals surface area contributed by atoms with Gasteiger partial charge in [-0.2, -0.15) is 0 Å². The van der Waals surface area contributed by atoms with Crippen LogP contribution in [0.25, 0.3) is 33.0 Å². The van der Waals surface area contributed by atoms with E-state index in [1.54, 1.807) is 0 Å². The zero-order valence-corrected chi connectivity index (χ0v) is 32.8. The lowest BCUT2D eigenvalue weighted by atomic mass is 9.63. The van der Waals surface area contributed by atoms with Crippen LogP contribution in [0.3, 0.4) is 0 Å². The van der Waals surface area contributed by atoms with Crippen molar-refractivity contribution in [3.63, 3.8) is 0 Å². The molecule has 1 aliphatic carbocycles. The van der Waals surface area contributed by atoms with Crippen LogP contribution in [0, 0.1) is 0 Å². The molecule has 0 unspecified atom stereocenters. The zero-order chi connectivity index (χ0) is 38.3. The molecular weight excluding hydrogens is 677 g/mol. The molecule has 8 aromatic carbocycles. The summed E-state index contributed by atoms with van der Waals surface area (Å²) in [6.07, 6.45) is 2.38. The number of hydrogen-bond donors (Lipinski definition) is 0. The van der Waals surface area contributed by atoms with E-state index in [0.717, 1.165) is 28.4 Å². The molecule has 0 spiro atoms. The van der Waals surface area contributed by atoms with Crippen molar-refractivity contribution in [2.45, 2.75) is 51.4 Å². The maximum Gasteiger partial charge on any atom is 0.0468 e. The lowest BCUT2D eigenvalue weighted by Crippen LogP contribution is -2.34. The van der Waals surface area contributed by atoms with Crippen molar-refractivity contribution in [2.24, 2.45) is 0 Å². The largest absolute Gasteiger partial charge is 0.310 e. The van der Waals surface area contributed by atoms with Crippen molar-refractivity contribution in [1.29, 1.82) is 0 Å². The average Bonchev–Trinajstić information content (AvgIpc) is 3.24. The number of hydrogen-bond acceptors (Lipinski definition) is 2. The lowest BCUT2D eigenvalue weighted by molar-refractivity contribution is 0.332. The second kappa shape index (κ2) is 14.4. The summed E-state index contributed by atoms with van der Waals surface area (Å²) < 4.78 is 0. The molecule has 0 fully saturated rings. The number of anilines is 6. The van der Waals surface area contributed by atoms with Crippen LogP contribution in [0.5, 0.6) is 0 Å². The summed E-state index contributed by atoms with van der Waals surface area (Å²) in [6, 6.07) is 70.8. The van der Waals surface area contributed by atoms with Crippen molar-refractivity contribution in [3.05, 3.63) is 205 Å². The molecule has 0 atom stereocenters. The van der Waals surface area contributed by atoms with Gasteiger partial charge in [-0.15, -0.1) is 0 Å². The standard InChI is InChI=1S/C54H48N2/c1-53(2)34-35-54(3,4)52-38-50(32-33-51(52)53)55(46-27-22-41(23-28-46)39-14-7-5-8-15-39)47-29-24-42(25-30-47)44-18-13-21-48(36-44)56(45-19-9-6-10-20-45)49-31-26-40-16-11-12-17-43(40)37-49/h5-33,36-38H,34-35H2,1-4H3. The molecule has 0 heterocycles. The van der Waals surface area contributed by atoms with E-state index in [1.165, 1.54) is 62.7 Å². The predicted octanol–water partition coefficient (Wildman–Crippen LogP) is 15.5. The summed E-state index contributed by atoms with van der Waals surface area (Å²) in [7, 11) is 0. The molecule has 0 amide bonds. The van der Waals surface area contributed by atoms with Crippen molar-refractivity contribution in [2.75, 3.05) is 9.80 Å². The van der Waals surface area contributed by atoms with Crippen LogP contribution < -0.4 is 9.80 Å². The molecule has 2 nitrogen and oxygen atoms in total. The Balaban J connectivity index is 1.11. The normalized spacial score (nSPS) is 14.2. The average molecular weight is 725 g/mol. The molecule has 0 aromatic heterocycles. The minimum atomic E-state index is 0.110. The van der Waals surface area contributed by atoms with Gasteiger partial charge in [0.25, 0.3) is 0 Å². The van der Waals surface area contributed by atoms with E-state index in [-0.39, 0.29) is 10.8 Å².